The maximum Gasteiger partial charge on any atom is 0.267 e. The van der Waals surface area contributed by atoms with E-state index in [4.69, 9.17) is 5.73 Å². The van der Waals surface area contributed by atoms with Gasteiger partial charge in [0.1, 0.15) is 11.2 Å². The van der Waals surface area contributed by atoms with Crippen molar-refractivity contribution in [1.82, 2.24) is 25.2 Å². The van der Waals surface area contributed by atoms with E-state index in [1.54, 1.807) is 31.2 Å². The summed E-state index contributed by atoms with van der Waals surface area (Å²) in [5.74, 6) is -0.225. The number of nitrogens with one attached hydrogen (secondary N) is 1. The summed E-state index contributed by atoms with van der Waals surface area (Å²) in [6.45, 7) is 1.75. The van der Waals surface area contributed by atoms with E-state index >= 15 is 0 Å². The number of benzene rings is 1. The monoisotopic (exact) mass is 301 g/mol. The number of amides is 1. The van der Waals surface area contributed by atoms with Crippen molar-refractivity contribution in [2.24, 2.45) is 0 Å². The summed E-state index contributed by atoms with van der Waals surface area (Å²) >= 11 is 1.17. The van der Waals surface area contributed by atoms with E-state index in [0.717, 1.165) is 5.69 Å². The zero-order valence-corrected chi connectivity index (χ0v) is 11.8. The molecule has 3 rings (SSSR count). The van der Waals surface area contributed by atoms with E-state index in [-0.39, 0.29) is 5.91 Å². The van der Waals surface area contributed by atoms with Crippen molar-refractivity contribution >= 4 is 28.1 Å². The van der Waals surface area contributed by atoms with Crippen LogP contribution in [0.25, 0.3) is 5.69 Å². The number of hydrogen-bond donors (Lipinski definition) is 2. The number of nitrogens with zero attached hydrogens (tertiary/aromatic N) is 5. The third-order valence-corrected chi connectivity index (χ3v) is 3.74. The fourth-order valence-electron chi connectivity index (χ4n) is 1.79. The molecule has 0 radical (unpaired) electrons. The number of hydrogen-bond acceptors (Lipinski definition) is 7. The molecule has 0 atom stereocenters. The molecule has 8 nitrogen and oxygen atoms in total. The number of aromatic nitrogens is 5. The second-order valence-corrected chi connectivity index (χ2v) is 5.25. The Kier molecular flexibility index (Phi) is 3.32. The Morgan fingerprint density at radius 1 is 1.33 bits per heavy atom. The Bertz CT molecular complexity index is 764. The molecule has 0 aliphatic rings. The number of carbonyl (C=O) groups excluding carboxylic acids is 1. The van der Waals surface area contributed by atoms with Gasteiger partial charge in [-0.15, -0.1) is 5.10 Å². The Balaban J connectivity index is 1.76. The van der Waals surface area contributed by atoms with Gasteiger partial charge >= 0.3 is 0 Å². The first-order valence-corrected chi connectivity index (χ1v) is 6.83. The Morgan fingerprint density at radius 3 is 2.67 bits per heavy atom. The molecule has 0 spiro atoms. The summed E-state index contributed by atoms with van der Waals surface area (Å²) in [4.78, 5) is 16.7. The predicted octanol–water partition coefficient (Wildman–Crippen LogP) is 1.26. The van der Waals surface area contributed by atoms with Crippen LogP contribution in [0.15, 0.2) is 30.6 Å². The van der Waals surface area contributed by atoms with Gasteiger partial charge in [-0.25, -0.2) is 9.67 Å². The highest BCUT2D eigenvalue weighted by Gasteiger charge is 2.14. The van der Waals surface area contributed by atoms with Gasteiger partial charge in [-0.05, 0) is 41.6 Å². The molecular weight excluding hydrogens is 290 g/mol. The quantitative estimate of drug-likeness (QED) is 0.753. The highest BCUT2D eigenvalue weighted by atomic mass is 32.1. The molecule has 9 heteroatoms. The highest BCUT2D eigenvalue weighted by Crippen LogP contribution is 2.21. The highest BCUT2D eigenvalue weighted by molar-refractivity contribution is 7.17. The molecule has 2 heterocycles. The predicted molar refractivity (Wildman–Crippen MR) is 78.4 cm³/mol. The molecule has 3 aromatic rings. The molecule has 0 saturated carbocycles. The maximum atomic E-state index is 12.1. The summed E-state index contributed by atoms with van der Waals surface area (Å²) in [7, 11) is 0. The standard InChI is InChI=1S/C12H11N7OS/c1-7-10(21-12(13)15-7)11(20)16-8-2-4-9(5-3-8)19-6-14-17-18-19/h2-6H,1H3,(H2,13,15)(H,16,20). The van der Waals surface area contributed by atoms with Gasteiger partial charge in [0.25, 0.3) is 5.91 Å². The average molecular weight is 301 g/mol. The van der Waals surface area contributed by atoms with Gasteiger partial charge in [0.15, 0.2) is 5.13 Å². The largest absolute Gasteiger partial charge is 0.375 e. The summed E-state index contributed by atoms with van der Waals surface area (Å²) < 4.78 is 1.53. The molecular formula is C12H11N7OS. The summed E-state index contributed by atoms with van der Waals surface area (Å²) in [5, 5.41) is 14.1. The van der Waals surface area contributed by atoms with E-state index in [1.165, 1.54) is 22.3 Å². The van der Waals surface area contributed by atoms with Crippen molar-refractivity contribution < 1.29 is 4.79 Å². The van der Waals surface area contributed by atoms with E-state index in [9.17, 15) is 4.79 Å². The molecule has 2 aromatic heterocycles. The Morgan fingerprint density at radius 2 is 2.10 bits per heavy atom. The van der Waals surface area contributed by atoms with Gasteiger partial charge in [0.05, 0.1) is 11.4 Å². The van der Waals surface area contributed by atoms with E-state index in [0.29, 0.717) is 21.4 Å². The fraction of sp³-hybridized carbons (Fsp3) is 0.0833. The van der Waals surface area contributed by atoms with E-state index < -0.39 is 0 Å². The molecule has 0 saturated heterocycles. The molecule has 0 fully saturated rings. The SMILES string of the molecule is Cc1nc(N)sc1C(=O)Nc1ccc(-n2cnnn2)cc1. The molecule has 0 bridgehead atoms. The topological polar surface area (TPSA) is 112 Å². The van der Waals surface area contributed by atoms with Crippen molar-refractivity contribution in [3.63, 3.8) is 0 Å². The lowest BCUT2D eigenvalue weighted by molar-refractivity contribution is 0.103. The number of aryl methyl sites for hydroxylation is 1. The Labute approximate surface area is 123 Å². The third kappa shape index (κ3) is 2.72. The van der Waals surface area contributed by atoms with Crippen molar-refractivity contribution in [3.8, 4) is 5.69 Å². The second kappa shape index (κ2) is 5.29. The first-order chi connectivity index (χ1) is 10.1. The van der Waals surface area contributed by atoms with Crippen molar-refractivity contribution in [3.05, 3.63) is 41.2 Å². The number of anilines is 2. The number of thiazole rings is 1. The molecule has 106 valence electrons. The van der Waals surface area contributed by atoms with Gasteiger partial charge in [0, 0.05) is 5.69 Å². The second-order valence-electron chi connectivity index (χ2n) is 4.22. The third-order valence-electron chi connectivity index (χ3n) is 2.76. The van der Waals surface area contributed by atoms with E-state index in [1.807, 2.05) is 0 Å². The summed E-state index contributed by atoms with van der Waals surface area (Å²) in [6, 6.07) is 7.16. The van der Waals surface area contributed by atoms with Crippen LogP contribution in [0.2, 0.25) is 0 Å². The molecule has 0 unspecified atom stereocenters. The van der Waals surface area contributed by atoms with Gasteiger partial charge in [-0.3, -0.25) is 4.79 Å². The van der Waals surface area contributed by atoms with Crippen molar-refractivity contribution in [2.45, 2.75) is 6.92 Å². The van der Waals surface area contributed by atoms with Crippen LogP contribution in [0.3, 0.4) is 0 Å². The van der Waals surface area contributed by atoms with Crippen LogP contribution in [0, 0.1) is 6.92 Å². The number of nitrogens with two attached hydrogens (primary N) is 1. The molecule has 0 aliphatic carbocycles. The lowest BCUT2D eigenvalue weighted by atomic mass is 10.2. The van der Waals surface area contributed by atoms with Gasteiger partial charge < -0.3 is 11.1 Å². The molecule has 0 aliphatic heterocycles. The first kappa shape index (κ1) is 13.2. The van der Waals surface area contributed by atoms with Gasteiger partial charge in [-0.2, -0.15) is 0 Å². The maximum absolute atomic E-state index is 12.1. The minimum Gasteiger partial charge on any atom is -0.375 e. The van der Waals surface area contributed by atoms with Gasteiger partial charge in [0.2, 0.25) is 0 Å². The van der Waals surface area contributed by atoms with Crippen LogP contribution < -0.4 is 11.1 Å². The lowest BCUT2D eigenvalue weighted by Gasteiger charge is -2.05. The first-order valence-electron chi connectivity index (χ1n) is 6.01. The Hall–Kier alpha value is -2.81. The minimum atomic E-state index is -0.225. The molecule has 1 amide bonds. The van der Waals surface area contributed by atoms with Crippen LogP contribution in [0.5, 0.6) is 0 Å². The van der Waals surface area contributed by atoms with Crippen LogP contribution in [0.4, 0.5) is 10.8 Å². The summed E-state index contributed by atoms with van der Waals surface area (Å²) in [6.07, 6.45) is 1.50. The molecule has 1 aromatic carbocycles. The van der Waals surface area contributed by atoms with E-state index in [2.05, 4.69) is 25.8 Å². The number of carbonyl (C=O) groups is 1. The van der Waals surface area contributed by atoms with Crippen molar-refractivity contribution in [1.29, 1.82) is 0 Å². The number of nitrogen functional groups attached to an aromatic ring is 1. The average Bonchev–Trinajstić information content (AvgIpc) is 3.09. The molecule has 21 heavy (non-hydrogen) atoms. The zero-order valence-electron chi connectivity index (χ0n) is 11.0. The van der Waals surface area contributed by atoms with Crippen LogP contribution in [-0.2, 0) is 0 Å². The zero-order chi connectivity index (χ0) is 14.8. The van der Waals surface area contributed by atoms with Gasteiger partial charge in [-0.1, -0.05) is 11.3 Å². The van der Waals surface area contributed by atoms with Crippen molar-refractivity contribution in [2.75, 3.05) is 11.1 Å². The lowest BCUT2D eigenvalue weighted by Crippen LogP contribution is -2.11. The smallest absolute Gasteiger partial charge is 0.267 e. The normalized spacial score (nSPS) is 10.5. The summed E-state index contributed by atoms with van der Waals surface area (Å²) in [5.41, 5.74) is 7.69. The van der Waals surface area contributed by atoms with Crippen LogP contribution in [-0.4, -0.2) is 31.1 Å². The molecule has 3 N–H and O–H groups in total. The number of tetrazole rings is 1. The minimum absolute atomic E-state index is 0.225. The fourth-order valence-corrected chi connectivity index (χ4v) is 2.52. The van der Waals surface area contributed by atoms with Crippen LogP contribution >= 0.6 is 11.3 Å². The number of rotatable bonds is 3. The van der Waals surface area contributed by atoms with Crippen LogP contribution in [0.1, 0.15) is 15.4 Å².